The van der Waals surface area contributed by atoms with Crippen LogP contribution < -0.4 is 5.32 Å². The molecule has 2 rings (SSSR count). The predicted octanol–water partition coefficient (Wildman–Crippen LogP) is 4.22. The molecule has 0 radical (unpaired) electrons. The monoisotopic (exact) mass is 339 g/mol. The zero-order chi connectivity index (χ0) is 16.3. The Kier molecular flexibility index (Phi) is 5.16. The van der Waals surface area contributed by atoms with E-state index in [4.69, 9.17) is 23.2 Å². The van der Waals surface area contributed by atoms with E-state index in [0.717, 1.165) is 5.56 Å². The van der Waals surface area contributed by atoms with Gasteiger partial charge in [0.05, 0.1) is 10.7 Å². The second-order valence-corrected chi connectivity index (χ2v) is 5.89. The number of rotatable bonds is 4. The van der Waals surface area contributed by atoms with E-state index in [1.807, 2.05) is 0 Å². The molecule has 0 bridgehead atoms. The standard InChI is InChI=1S/C16H15Cl2NO3/c1-9(6-10-2-5-14(20)15(21)7-10)16(22)19-13-8-11(17)3-4-12(13)18/h2-5,7-9,20-21H,6H2,1H3,(H,19,22). The topological polar surface area (TPSA) is 69.6 Å². The highest BCUT2D eigenvalue weighted by Gasteiger charge is 2.16. The summed E-state index contributed by atoms with van der Waals surface area (Å²) >= 11 is 11.9. The quantitative estimate of drug-likeness (QED) is 0.730. The highest BCUT2D eigenvalue weighted by Crippen LogP contribution is 2.28. The van der Waals surface area contributed by atoms with Crippen molar-refractivity contribution in [3.05, 3.63) is 52.0 Å². The Balaban J connectivity index is 2.05. The van der Waals surface area contributed by atoms with Gasteiger partial charge in [0.25, 0.3) is 0 Å². The fraction of sp³-hybridized carbons (Fsp3) is 0.188. The van der Waals surface area contributed by atoms with E-state index < -0.39 is 0 Å². The number of amides is 1. The Labute approximate surface area is 138 Å². The number of carbonyl (C=O) groups is 1. The normalized spacial score (nSPS) is 12.0. The van der Waals surface area contributed by atoms with Crippen molar-refractivity contribution in [1.29, 1.82) is 0 Å². The number of phenolic OH excluding ortho intramolecular Hbond substituents is 2. The van der Waals surface area contributed by atoms with Crippen molar-refractivity contribution >= 4 is 34.8 Å². The van der Waals surface area contributed by atoms with Gasteiger partial charge in [-0.15, -0.1) is 0 Å². The van der Waals surface area contributed by atoms with Crippen LogP contribution in [0.15, 0.2) is 36.4 Å². The molecule has 0 aliphatic heterocycles. The van der Waals surface area contributed by atoms with E-state index in [0.29, 0.717) is 22.2 Å². The molecular weight excluding hydrogens is 325 g/mol. The van der Waals surface area contributed by atoms with Crippen molar-refractivity contribution in [2.24, 2.45) is 5.92 Å². The maximum atomic E-state index is 12.2. The van der Waals surface area contributed by atoms with Crippen LogP contribution in [0.1, 0.15) is 12.5 Å². The van der Waals surface area contributed by atoms with Gasteiger partial charge in [0.2, 0.25) is 5.91 Å². The second kappa shape index (κ2) is 6.90. The lowest BCUT2D eigenvalue weighted by Crippen LogP contribution is -2.22. The fourth-order valence-electron chi connectivity index (χ4n) is 1.99. The summed E-state index contributed by atoms with van der Waals surface area (Å²) in [5.74, 6) is -0.953. The van der Waals surface area contributed by atoms with Crippen molar-refractivity contribution in [2.45, 2.75) is 13.3 Å². The summed E-state index contributed by atoms with van der Waals surface area (Å²) in [5.41, 5.74) is 1.20. The Hall–Kier alpha value is -1.91. The molecule has 1 amide bonds. The van der Waals surface area contributed by atoms with Crippen LogP contribution in [0.25, 0.3) is 0 Å². The lowest BCUT2D eigenvalue weighted by molar-refractivity contribution is -0.119. The highest BCUT2D eigenvalue weighted by molar-refractivity contribution is 6.35. The van der Waals surface area contributed by atoms with Crippen LogP contribution in [0.5, 0.6) is 11.5 Å². The van der Waals surface area contributed by atoms with Crippen LogP contribution in [-0.2, 0) is 11.2 Å². The molecule has 3 N–H and O–H groups in total. The van der Waals surface area contributed by atoms with Gasteiger partial charge in [0.15, 0.2) is 11.5 Å². The van der Waals surface area contributed by atoms with Crippen LogP contribution in [-0.4, -0.2) is 16.1 Å². The number of nitrogens with one attached hydrogen (secondary N) is 1. The molecule has 0 aliphatic rings. The van der Waals surface area contributed by atoms with Crippen molar-refractivity contribution in [3.63, 3.8) is 0 Å². The molecule has 2 aromatic rings. The molecule has 0 heterocycles. The van der Waals surface area contributed by atoms with Crippen LogP contribution >= 0.6 is 23.2 Å². The van der Waals surface area contributed by atoms with Crippen molar-refractivity contribution in [2.75, 3.05) is 5.32 Å². The van der Waals surface area contributed by atoms with Gasteiger partial charge in [0, 0.05) is 10.9 Å². The molecule has 1 unspecified atom stereocenters. The molecule has 1 atom stereocenters. The first-order valence-corrected chi connectivity index (χ1v) is 7.39. The van der Waals surface area contributed by atoms with Gasteiger partial charge in [-0.1, -0.05) is 36.2 Å². The van der Waals surface area contributed by atoms with E-state index in [2.05, 4.69) is 5.32 Å². The molecule has 116 valence electrons. The zero-order valence-electron chi connectivity index (χ0n) is 11.8. The molecule has 4 nitrogen and oxygen atoms in total. The average Bonchev–Trinajstić information content (AvgIpc) is 2.46. The van der Waals surface area contributed by atoms with E-state index in [-0.39, 0.29) is 23.3 Å². The van der Waals surface area contributed by atoms with E-state index >= 15 is 0 Å². The van der Waals surface area contributed by atoms with Crippen molar-refractivity contribution in [3.8, 4) is 11.5 Å². The van der Waals surface area contributed by atoms with Gasteiger partial charge in [-0.05, 0) is 42.3 Å². The first kappa shape index (κ1) is 16.5. The third-order valence-electron chi connectivity index (χ3n) is 3.22. The van der Waals surface area contributed by atoms with Crippen LogP contribution in [0.3, 0.4) is 0 Å². The minimum absolute atomic E-state index is 0.188. The second-order valence-electron chi connectivity index (χ2n) is 5.04. The first-order chi connectivity index (χ1) is 10.4. The van der Waals surface area contributed by atoms with Crippen LogP contribution in [0, 0.1) is 5.92 Å². The number of carbonyl (C=O) groups excluding carboxylic acids is 1. The van der Waals surface area contributed by atoms with Gasteiger partial charge in [0.1, 0.15) is 0 Å². The Morgan fingerprint density at radius 1 is 1.14 bits per heavy atom. The molecule has 0 aliphatic carbocycles. The molecule has 22 heavy (non-hydrogen) atoms. The van der Waals surface area contributed by atoms with Gasteiger partial charge in [-0.2, -0.15) is 0 Å². The number of benzene rings is 2. The molecule has 0 fully saturated rings. The van der Waals surface area contributed by atoms with E-state index in [1.54, 1.807) is 31.2 Å². The molecule has 2 aromatic carbocycles. The predicted molar refractivity (Wildman–Crippen MR) is 87.7 cm³/mol. The lowest BCUT2D eigenvalue weighted by Gasteiger charge is -2.14. The van der Waals surface area contributed by atoms with Gasteiger partial charge >= 0.3 is 0 Å². The number of aromatic hydroxyl groups is 2. The van der Waals surface area contributed by atoms with Crippen molar-refractivity contribution in [1.82, 2.24) is 0 Å². The molecule has 6 heteroatoms. The third kappa shape index (κ3) is 4.06. The summed E-state index contributed by atoms with van der Waals surface area (Å²) in [7, 11) is 0. The van der Waals surface area contributed by atoms with Gasteiger partial charge < -0.3 is 15.5 Å². The lowest BCUT2D eigenvalue weighted by atomic mass is 10.00. The third-order valence-corrected chi connectivity index (χ3v) is 3.78. The van der Waals surface area contributed by atoms with Gasteiger partial charge in [-0.25, -0.2) is 0 Å². The van der Waals surface area contributed by atoms with Gasteiger partial charge in [-0.3, -0.25) is 4.79 Å². The molecular formula is C16H15Cl2NO3. The molecule has 0 saturated carbocycles. The minimum Gasteiger partial charge on any atom is -0.504 e. The Morgan fingerprint density at radius 3 is 2.55 bits per heavy atom. The van der Waals surface area contributed by atoms with Crippen LogP contribution in [0.2, 0.25) is 10.0 Å². The maximum Gasteiger partial charge on any atom is 0.227 e. The van der Waals surface area contributed by atoms with Crippen molar-refractivity contribution < 1.29 is 15.0 Å². The average molecular weight is 340 g/mol. The molecule has 0 spiro atoms. The largest absolute Gasteiger partial charge is 0.504 e. The first-order valence-electron chi connectivity index (χ1n) is 6.63. The number of hydrogen-bond acceptors (Lipinski definition) is 3. The van der Waals surface area contributed by atoms with E-state index in [9.17, 15) is 15.0 Å². The Morgan fingerprint density at radius 2 is 1.86 bits per heavy atom. The smallest absolute Gasteiger partial charge is 0.227 e. The fourth-order valence-corrected chi connectivity index (χ4v) is 2.33. The van der Waals surface area contributed by atoms with Crippen LogP contribution in [0.4, 0.5) is 5.69 Å². The zero-order valence-corrected chi connectivity index (χ0v) is 13.3. The summed E-state index contributed by atoms with van der Waals surface area (Å²) in [6.07, 6.45) is 0.415. The number of halogens is 2. The summed E-state index contributed by atoms with van der Waals surface area (Å²) in [6.45, 7) is 1.76. The number of phenols is 2. The molecule has 0 saturated heterocycles. The SMILES string of the molecule is CC(Cc1ccc(O)c(O)c1)C(=O)Nc1cc(Cl)ccc1Cl. The number of hydrogen-bond donors (Lipinski definition) is 3. The number of anilines is 1. The summed E-state index contributed by atoms with van der Waals surface area (Å²) < 4.78 is 0. The minimum atomic E-state index is -0.348. The van der Waals surface area contributed by atoms with E-state index in [1.165, 1.54) is 12.1 Å². The highest BCUT2D eigenvalue weighted by atomic mass is 35.5. The Bertz CT molecular complexity index is 704. The summed E-state index contributed by atoms with van der Waals surface area (Å²) in [4.78, 5) is 12.2. The summed E-state index contributed by atoms with van der Waals surface area (Å²) in [6, 6.07) is 9.32. The summed E-state index contributed by atoms with van der Waals surface area (Å²) in [5, 5.41) is 22.4. The maximum absolute atomic E-state index is 12.2. The molecule has 0 aromatic heterocycles.